The number of hydrogen-bond donors (Lipinski definition) is 1. The quantitative estimate of drug-likeness (QED) is 0.621. The van der Waals surface area contributed by atoms with Crippen LogP contribution < -0.4 is 15.0 Å². The van der Waals surface area contributed by atoms with Crippen molar-refractivity contribution < 1.29 is 22.7 Å². The molecule has 1 saturated heterocycles. The van der Waals surface area contributed by atoms with Gasteiger partial charge in [0.2, 0.25) is 0 Å². The average Bonchev–Trinajstić information content (AvgIpc) is 3.24. The van der Waals surface area contributed by atoms with Gasteiger partial charge in [-0.2, -0.15) is 13.2 Å². The lowest BCUT2D eigenvalue weighted by atomic mass is 10.2. The molecule has 0 radical (unpaired) electrons. The van der Waals surface area contributed by atoms with E-state index < -0.39 is 17.8 Å². The van der Waals surface area contributed by atoms with E-state index in [1.807, 2.05) is 35.9 Å². The van der Waals surface area contributed by atoms with Crippen molar-refractivity contribution in [3.63, 3.8) is 0 Å². The number of benzene rings is 2. The fourth-order valence-corrected chi connectivity index (χ4v) is 3.77. The number of aryl methyl sites for hydroxylation is 1. The van der Waals surface area contributed by atoms with E-state index in [1.165, 1.54) is 12.1 Å². The summed E-state index contributed by atoms with van der Waals surface area (Å²) >= 11 is 0. The molecule has 4 rings (SSSR count). The van der Waals surface area contributed by atoms with Crippen molar-refractivity contribution in [1.82, 2.24) is 14.5 Å². The van der Waals surface area contributed by atoms with Gasteiger partial charge in [-0.3, -0.25) is 0 Å². The van der Waals surface area contributed by atoms with Crippen LogP contribution in [0, 0.1) is 6.92 Å². The third kappa shape index (κ3) is 5.05. The van der Waals surface area contributed by atoms with Gasteiger partial charge in [-0.15, -0.1) is 0 Å². The van der Waals surface area contributed by atoms with Crippen molar-refractivity contribution in [2.45, 2.75) is 13.1 Å². The molecule has 2 heterocycles. The van der Waals surface area contributed by atoms with Crippen LogP contribution in [0.3, 0.4) is 0 Å². The molecular formula is C23H24F3N5O2. The zero-order chi connectivity index (χ0) is 23.6. The van der Waals surface area contributed by atoms with Crippen LogP contribution in [-0.4, -0.2) is 53.8 Å². The van der Waals surface area contributed by atoms with Gasteiger partial charge in [-0.1, -0.05) is 6.07 Å². The second-order valence-electron chi connectivity index (χ2n) is 7.76. The molecule has 0 spiro atoms. The van der Waals surface area contributed by atoms with E-state index in [2.05, 4.69) is 15.2 Å². The molecule has 0 bridgehead atoms. The van der Waals surface area contributed by atoms with E-state index >= 15 is 0 Å². The van der Waals surface area contributed by atoms with Gasteiger partial charge in [-0.25, -0.2) is 9.78 Å². The highest BCUT2D eigenvalue weighted by molar-refractivity contribution is 5.89. The number of halogens is 3. The summed E-state index contributed by atoms with van der Waals surface area (Å²) in [6.45, 7) is 3.97. The predicted molar refractivity (Wildman–Crippen MR) is 119 cm³/mol. The van der Waals surface area contributed by atoms with Crippen molar-refractivity contribution in [3.05, 3.63) is 66.2 Å². The fourth-order valence-electron chi connectivity index (χ4n) is 3.77. The number of imidazole rings is 1. The number of nitrogens with zero attached hydrogens (tertiary/aromatic N) is 4. The van der Waals surface area contributed by atoms with Gasteiger partial charge < -0.3 is 24.4 Å². The molecule has 3 aromatic rings. The Balaban J connectivity index is 1.39. The zero-order valence-electron chi connectivity index (χ0n) is 18.3. The molecule has 0 atom stereocenters. The van der Waals surface area contributed by atoms with E-state index in [0.29, 0.717) is 31.9 Å². The van der Waals surface area contributed by atoms with E-state index in [1.54, 1.807) is 18.3 Å². The van der Waals surface area contributed by atoms with Crippen LogP contribution in [-0.2, 0) is 6.18 Å². The summed E-state index contributed by atoms with van der Waals surface area (Å²) in [5.74, 6) is 0.703. The molecule has 0 unspecified atom stereocenters. The van der Waals surface area contributed by atoms with E-state index in [0.717, 1.165) is 29.2 Å². The van der Waals surface area contributed by atoms with Crippen LogP contribution >= 0.6 is 0 Å². The molecular weight excluding hydrogens is 435 g/mol. The van der Waals surface area contributed by atoms with Gasteiger partial charge in [0.25, 0.3) is 0 Å². The van der Waals surface area contributed by atoms with Crippen molar-refractivity contribution >= 4 is 17.4 Å². The number of nitrogens with one attached hydrogen (secondary N) is 1. The third-order valence-corrected chi connectivity index (χ3v) is 5.53. The van der Waals surface area contributed by atoms with Gasteiger partial charge in [0.05, 0.1) is 30.4 Å². The number of anilines is 2. The third-order valence-electron chi connectivity index (χ3n) is 5.53. The predicted octanol–water partition coefficient (Wildman–Crippen LogP) is 4.56. The Bertz CT molecular complexity index is 1140. The smallest absolute Gasteiger partial charge is 0.416 e. The Kier molecular flexibility index (Phi) is 6.17. The summed E-state index contributed by atoms with van der Waals surface area (Å²) in [5.41, 5.74) is 2.06. The molecule has 1 N–H and O–H groups in total. The Morgan fingerprint density at radius 1 is 1.09 bits per heavy atom. The van der Waals surface area contributed by atoms with Crippen molar-refractivity contribution in [2.75, 3.05) is 43.5 Å². The van der Waals surface area contributed by atoms with Gasteiger partial charge >= 0.3 is 12.2 Å². The highest BCUT2D eigenvalue weighted by Gasteiger charge is 2.30. The number of ether oxygens (including phenoxy) is 1. The van der Waals surface area contributed by atoms with Gasteiger partial charge in [0, 0.05) is 49.8 Å². The maximum atomic E-state index is 12.9. The average molecular weight is 459 g/mol. The largest absolute Gasteiger partial charge is 0.494 e. The monoisotopic (exact) mass is 459 g/mol. The minimum Gasteiger partial charge on any atom is -0.494 e. The molecule has 1 fully saturated rings. The Morgan fingerprint density at radius 3 is 2.48 bits per heavy atom. The fraction of sp³-hybridized carbons (Fsp3) is 0.304. The highest BCUT2D eigenvalue weighted by atomic mass is 19.4. The molecule has 2 aromatic carbocycles. The molecule has 174 valence electrons. The maximum absolute atomic E-state index is 12.9. The minimum atomic E-state index is -4.46. The molecule has 0 aliphatic carbocycles. The second-order valence-corrected chi connectivity index (χ2v) is 7.76. The van der Waals surface area contributed by atoms with Crippen LogP contribution in [0.1, 0.15) is 11.3 Å². The van der Waals surface area contributed by atoms with Crippen LogP contribution in [0.5, 0.6) is 5.75 Å². The number of hydrogen-bond acceptors (Lipinski definition) is 4. The van der Waals surface area contributed by atoms with E-state index in [4.69, 9.17) is 4.74 Å². The SMILES string of the molecule is COc1cc(N2CCN(C(=O)Nc3cccc(C(F)(F)F)c3)CC2)ccc1-n1cnc(C)c1. The zero-order valence-corrected chi connectivity index (χ0v) is 18.3. The van der Waals surface area contributed by atoms with E-state index in [9.17, 15) is 18.0 Å². The molecule has 1 aromatic heterocycles. The molecule has 7 nitrogen and oxygen atoms in total. The lowest BCUT2D eigenvalue weighted by Gasteiger charge is -2.36. The first-order valence-electron chi connectivity index (χ1n) is 10.4. The number of carbonyl (C=O) groups is 1. The van der Waals surface area contributed by atoms with Crippen molar-refractivity contribution in [2.24, 2.45) is 0 Å². The van der Waals surface area contributed by atoms with Crippen molar-refractivity contribution in [3.8, 4) is 11.4 Å². The van der Waals surface area contributed by atoms with Gasteiger partial charge in [0.15, 0.2) is 0 Å². The van der Waals surface area contributed by atoms with Gasteiger partial charge in [-0.05, 0) is 37.3 Å². The second kappa shape index (κ2) is 9.05. The molecule has 1 aliphatic heterocycles. The first kappa shape index (κ1) is 22.5. The lowest BCUT2D eigenvalue weighted by molar-refractivity contribution is -0.137. The number of aromatic nitrogens is 2. The Morgan fingerprint density at radius 2 is 1.85 bits per heavy atom. The lowest BCUT2D eigenvalue weighted by Crippen LogP contribution is -2.50. The number of urea groups is 1. The topological polar surface area (TPSA) is 62.6 Å². The summed E-state index contributed by atoms with van der Waals surface area (Å²) < 4.78 is 46.2. The number of rotatable bonds is 4. The number of methoxy groups -OCH3 is 1. The maximum Gasteiger partial charge on any atom is 0.416 e. The normalized spacial score (nSPS) is 14.3. The first-order chi connectivity index (χ1) is 15.7. The van der Waals surface area contributed by atoms with Crippen LogP contribution in [0.2, 0.25) is 0 Å². The highest BCUT2D eigenvalue weighted by Crippen LogP contribution is 2.31. The van der Waals surface area contributed by atoms with Gasteiger partial charge in [0.1, 0.15) is 5.75 Å². The summed E-state index contributed by atoms with van der Waals surface area (Å²) in [5, 5.41) is 2.56. The summed E-state index contributed by atoms with van der Waals surface area (Å²) in [6, 6.07) is 10.1. The Labute approximate surface area is 189 Å². The van der Waals surface area contributed by atoms with Crippen LogP contribution in [0.25, 0.3) is 5.69 Å². The summed E-state index contributed by atoms with van der Waals surface area (Å²) in [7, 11) is 1.61. The molecule has 0 saturated carbocycles. The Hall–Kier alpha value is -3.69. The molecule has 1 aliphatic rings. The number of carbonyl (C=O) groups excluding carboxylic acids is 1. The van der Waals surface area contributed by atoms with Crippen LogP contribution in [0.4, 0.5) is 29.3 Å². The minimum absolute atomic E-state index is 0.118. The summed E-state index contributed by atoms with van der Waals surface area (Å²) in [6.07, 6.45) is -0.812. The molecule has 33 heavy (non-hydrogen) atoms. The number of piperazine rings is 1. The standard InChI is InChI=1S/C23H24F3N5O2/c1-16-14-31(15-27-16)20-7-6-19(13-21(20)33-2)29-8-10-30(11-9-29)22(32)28-18-5-3-4-17(12-18)23(24,25)26/h3-7,12-15H,8-11H2,1-2H3,(H,28,32). The summed E-state index contributed by atoms with van der Waals surface area (Å²) in [4.78, 5) is 20.5. The number of alkyl halides is 3. The van der Waals surface area contributed by atoms with Crippen LogP contribution in [0.15, 0.2) is 55.0 Å². The molecule has 10 heteroatoms. The molecule has 2 amide bonds. The van der Waals surface area contributed by atoms with Crippen molar-refractivity contribution in [1.29, 1.82) is 0 Å². The van der Waals surface area contributed by atoms with E-state index in [-0.39, 0.29) is 5.69 Å². The first-order valence-corrected chi connectivity index (χ1v) is 10.4. The number of amides is 2.